The van der Waals surface area contributed by atoms with Gasteiger partial charge in [0, 0.05) is 45.3 Å². The lowest BCUT2D eigenvalue weighted by atomic mass is 9.67. The molecule has 10 heteroatoms. The maximum absolute atomic E-state index is 5.49. The third kappa shape index (κ3) is 5.16. The lowest BCUT2D eigenvalue weighted by molar-refractivity contribution is 0.964. The first-order chi connectivity index (χ1) is 29.2. The Kier molecular flexibility index (Phi) is 7.68. The lowest BCUT2D eigenvalue weighted by Gasteiger charge is -2.31. The largest absolute Gasteiger partial charge is 0.441 e. The molecule has 2 aliphatic rings. The zero-order valence-corrected chi connectivity index (χ0v) is 33.0. The number of hydrogen-bond donors (Lipinski definition) is 0. The second kappa shape index (κ2) is 13.4. The van der Waals surface area contributed by atoms with E-state index in [-0.39, 0.29) is 14.0 Å². The zero-order chi connectivity index (χ0) is 39.0. The molecule has 4 aromatic heterocycles. The Morgan fingerprint density at radius 1 is 0.407 bits per heavy atom. The Morgan fingerprint density at radius 3 is 1.42 bits per heavy atom. The summed E-state index contributed by atoms with van der Waals surface area (Å²) in [7, 11) is 2.17. The number of nitrogens with zero attached hydrogens (tertiary/aromatic N) is 7. The first-order valence-electron chi connectivity index (χ1n) is 20.0. The highest BCUT2D eigenvalue weighted by Crippen LogP contribution is 2.55. The predicted molar refractivity (Wildman–Crippen MR) is 249 cm³/mol. The second-order valence-electron chi connectivity index (χ2n) is 15.1. The summed E-state index contributed by atoms with van der Waals surface area (Å²) in [5.41, 5.74) is 11.6. The summed E-state index contributed by atoms with van der Waals surface area (Å²) in [6.45, 7) is -0.486. The summed E-state index contributed by atoms with van der Waals surface area (Å²) < 4.78 is 3.58. The van der Waals surface area contributed by atoms with Gasteiger partial charge < -0.3 is 23.8 Å². The Hall–Kier alpha value is -7.29. The van der Waals surface area contributed by atoms with Crippen molar-refractivity contribution in [1.29, 1.82) is 0 Å². The minimum atomic E-state index is -0.258. The molecule has 0 spiro atoms. The topological polar surface area (TPSA) is 43.7 Å². The van der Waals surface area contributed by atoms with E-state index in [1.807, 2.05) is 11.3 Å². The molecule has 0 bridgehead atoms. The molecule has 0 amide bonds. The van der Waals surface area contributed by atoms with Gasteiger partial charge in [0.1, 0.15) is 10.8 Å². The third-order valence-corrected chi connectivity index (χ3v) is 12.9. The number of hydrogen-bond acceptors (Lipinski definition) is 7. The van der Waals surface area contributed by atoms with Gasteiger partial charge in [0.15, 0.2) is 0 Å². The number of aromatic nitrogens is 3. The molecule has 0 radical (unpaired) electrons. The molecule has 6 aromatic carbocycles. The Morgan fingerprint density at radius 2 is 0.847 bits per heavy atom. The number of rotatable bonds is 6. The fraction of sp³-hybridized carbons (Fsp3) is 0.0204. The average molecular weight is 776 g/mol. The molecule has 0 unspecified atom stereocenters. The molecule has 0 aliphatic carbocycles. The fourth-order valence-corrected chi connectivity index (χ4v) is 10.5. The van der Waals surface area contributed by atoms with E-state index >= 15 is 0 Å². The number of fused-ring (bicyclic) bond motifs is 7. The first-order valence-corrected chi connectivity index (χ1v) is 20.8. The van der Waals surface area contributed by atoms with E-state index in [0.717, 1.165) is 50.8 Å². The van der Waals surface area contributed by atoms with Gasteiger partial charge in [-0.2, -0.15) is 0 Å². The summed E-state index contributed by atoms with van der Waals surface area (Å²) in [5, 5.41) is 3.65. The number of thiophene rings is 1. The summed E-state index contributed by atoms with van der Waals surface area (Å²) in [6.07, 6.45) is 0. The van der Waals surface area contributed by atoms with Gasteiger partial charge in [0.2, 0.25) is 0 Å². The number of benzene rings is 6. The van der Waals surface area contributed by atoms with Crippen LogP contribution in [0.1, 0.15) is 0 Å². The predicted octanol–water partition coefficient (Wildman–Crippen LogP) is 10.7. The van der Waals surface area contributed by atoms with Crippen LogP contribution in [0.5, 0.6) is 0 Å². The van der Waals surface area contributed by atoms with Crippen molar-refractivity contribution in [2.75, 3.05) is 19.2 Å². The molecule has 0 saturated heterocycles. The maximum atomic E-state index is 5.49. The van der Waals surface area contributed by atoms with Crippen molar-refractivity contribution in [3.8, 4) is 0 Å². The van der Waals surface area contributed by atoms with Crippen molar-refractivity contribution in [3.63, 3.8) is 0 Å². The van der Waals surface area contributed by atoms with Crippen molar-refractivity contribution in [3.05, 3.63) is 194 Å². The van der Waals surface area contributed by atoms with E-state index in [0.29, 0.717) is 0 Å². The molecule has 59 heavy (non-hydrogen) atoms. The monoisotopic (exact) mass is 775 g/mol. The third-order valence-electron chi connectivity index (χ3n) is 11.8. The first kappa shape index (κ1) is 33.8. The molecule has 0 saturated carbocycles. The van der Waals surface area contributed by atoms with Gasteiger partial charge in [-0.15, -0.1) is 11.3 Å². The average Bonchev–Trinajstić information content (AvgIpc) is 4.03. The normalized spacial score (nSPS) is 13.6. The molecule has 0 fully saturated rings. The van der Waals surface area contributed by atoms with Crippen molar-refractivity contribution in [1.82, 2.24) is 14.5 Å². The quantitative estimate of drug-likeness (QED) is 0.157. The summed E-state index contributed by atoms with van der Waals surface area (Å²) in [4.78, 5) is 20.8. The highest BCUT2D eigenvalue weighted by molar-refractivity contribution is 7.25. The molecule has 0 atom stereocenters. The van der Waals surface area contributed by atoms with Crippen LogP contribution in [-0.4, -0.2) is 28.5 Å². The Bertz CT molecular complexity index is 3180. The van der Waals surface area contributed by atoms with Gasteiger partial charge in [-0.25, -0.2) is 0 Å². The molecule has 0 N–H and O–H groups in total. The smallest absolute Gasteiger partial charge is 0.358 e. The van der Waals surface area contributed by atoms with Crippen LogP contribution >= 0.6 is 11.3 Å². The molecular formula is C49H35B2N7S. The molecule has 12 rings (SSSR count). The SMILES string of the molecule is Cn1c2c(c3ccccc31)N(c1ccccc1)B(c1ccc3nc(B4N(c5ccccc5)c5sc6ccccc6c5N4c4ccccc4)ccc3n1)N2c1ccccc1. The summed E-state index contributed by atoms with van der Waals surface area (Å²) >= 11 is 1.83. The van der Waals surface area contributed by atoms with Gasteiger partial charge in [-0.3, -0.25) is 9.97 Å². The zero-order valence-electron chi connectivity index (χ0n) is 32.2. The van der Waals surface area contributed by atoms with Crippen molar-refractivity contribution >= 4 is 113 Å². The number of aryl methyl sites for hydroxylation is 1. The minimum absolute atomic E-state index is 0.227. The highest BCUT2D eigenvalue weighted by atomic mass is 32.1. The van der Waals surface area contributed by atoms with E-state index in [1.165, 1.54) is 37.4 Å². The lowest BCUT2D eigenvalue weighted by Crippen LogP contribution is -2.55. The van der Waals surface area contributed by atoms with Crippen molar-refractivity contribution in [2.24, 2.45) is 7.05 Å². The highest BCUT2D eigenvalue weighted by Gasteiger charge is 2.49. The molecule has 2 aliphatic heterocycles. The summed E-state index contributed by atoms with van der Waals surface area (Å²) in [5.74, 6) is 1.13. The van der Waals surface area contributed by atoms with Crippen LogP contribution < -0.4 is 30.4 Å². The van der Waals surface area contributed by atoms with Gasteiger partial charge in [0.05, 0.1) is 39.1 Å². The van der Waals surface area contributed by atoms with Crippen LogP contribution in [0.4, 0.5) is 44.9 Å². The number of para-hydroxylation sites is 5. The Labute approximate surface area is 346 Å². The van der Waals surface area contributed by atoms with E-state index in [1.54, 1.807) is 0 Å². The van der Waals surface area contributed by atoms with Crippen LogP contribution in [0.3, 0.4) is 0 Å². The van der Waals surface area contributed by atoms with Crippen LogP contribution in [0, 0.1) is 0 Å². The van der Waals surface area contributed by atoms with Crippen LogP contribution in [0.15, 0.2) is 194 Å². The van der Waals surface area contributed by atoms with Gasteiger partial charge in [0.25, 0.3) is 0 Å². The van der Waals surface area contributed by atoms with Gasteiger partial charge in [-0.05, 0) is 84.9 Å². The second-order valence-corrected chi connectivity index (χ2v) is 16.1. The van der Waals surface area contributed by atoms with Crippen molar-refractivity contribution in [2.45, 2.75) is 0 Å². The molecule has 6 heterocycles. The fourth-order valence-electron chi connectivity index (χ4n) is 9.27. The van der Waals surface area contributed by atoms with E-state index in [2.05, 4.69) is 225 Å². The molecular weight excluding hydrogens is 740 g/mol. The molecule has 278 valence electrons. The minimum Gasteiger partial charge on any atom is -0.358 e. The molecule has 10 aromatic rings. The van der Waals surface area contributed by atoms with Crippen molar-refractivity contribution < 1.29 is 0 Å². The molecule has 7 nitrogen and oxygen atoms in total. The summed E-state index contributed by atoms with van der Waals surface area (Å²) in [6, 6.07) is 68.9. The van der Waals surface area contributed by atoms with Crippen LogP contribution in [0.25, 0.3) is 32.0 Å². The van der Waals surface area contributed by atoms with Gasteiger partial charge >= 0.3 is 14.0 Å². The standard InChI is InChI=1S/C49H35B2N7S/c1-54-42-28-16-14-26-38(42)46-48(54)57(36-22-10-4-11-23-36)50(55(46)34-18-6-2-7-19-34)44-32-30-41-40(52-44)31-33-45(53-41)51-56(35-20-8-3-9-21-35)47-39-27-15-17-29-43(39)59-49(47)58(51)37-24-12-5-13-25-37/h2-33H,1H3. The van der Waals surface area contributed by atoms with E-state index in [4.69, 9.17) is 9.97 Å². The van der Waals surface area contributed by atoms with E-state index < -0.39 is 0 Å². The number of anilines is 8. The maximum Gasteiger partial charge on any atom is 0.441 e. The van der Waals surface area contributed by atoms with Crippen LogP contribution in [-0.2, 0) is 7.05 Å². The van der Waals surface area contributed by atoms with E-state index in [9.17, 15) is 0 Å². The van der Waals surface area contributed by atoms with Crippen LogP contribution in [0.2, 0.25) is 0 Å². The van der Waals surface area contributed by atoms with Gasteiger partial charge in [-0.1, -0.05) is 109 Å². The Balaban J connectivity index is 1.03. The number of pyridine rings is 2.